The highest BCUT2D eigenvalue weighted by molar-refractivity contribution is 6.12. The first-order chi connectivity index (χ1) is 12.1. The maximum absolute atomic E-state index is 12.8. The van der Waals surface area contributed by atoms with E-state index in [1.807, 2.05) is 68.4 Å². The lowest BCUT2D eigenvalue weighted by atomic mass is 10.1. The van der Waals surface area contributed by atoms with Crippen molar-refractivity contribution >= 4 is 33.7 Å². The summed E-state index contributed by atoms with van der Waals surface area (Å²) < 4.78 is 0. The molecule has 25 heavy (non-hydrogen) atoms. The fourth-order valence-electron chi connectivity index (χ4n) is 2.90. The number of nitrogens with one attached hydrogen (secondary N) is 1. The van der Waals surface area contributed by atoms with Crippen molar-refractivity contribution in [3.05, 3.63) is 77.4 Å². The van der Waals surface area contributed by atoms with Crippen molar-refractivity contribution in [3.63, 3.8) is 0 Å². The Labute approximate surface area is 145 Å². The van der Waals surface area contributed by atoms with Crippen LogP contribution in [-0.4, -0.2) is 15.9 Å². The Bertz CT molecular complexity index is 1120. The molecular weight excluding hydrogens is 310 g/mol. The van der Waals surface area contributed by atoms with Gasteiger partial charge in [-0.2, -0.15) is 0 Å². The maximum Gasteiger partial charge on any atom is 0.257 e. The lowest BCUT2D eigenvalue weighted by molar-refractivity contribution is 0.102. The number of nitrogens with zero attached hydrogens (tertiary/aromatic N) is 2. The number of para-hydroxylation sites is 3. The topological polar surface area (TPSA) is 54.9 Å². The van der Waals surface area contributed by atoms with Gasteiger partial charge in [-0.15, -0.1) is 0 Å². The number of aryl methyl sites for hydroxylation is 1. The van der Waals surface area contributed by atoms with Crippen molar-refractivity contribution in [1.29, 1.82) is 0 Å². The first-order valence-corrected chi connectivity index (χ1v) is 8.16. The number of hydrogen-bond donors (Lipinski definition) is 1. The van der Waals surface area contributed by atoms with Crippen molar-refractivity contribution < 1.29 is 4.79 Å². The Morgan fingerprint density at radius 1 is 0.800 bits per heavy atom. The molecule has 0 radical (unpaired) electrons. The highest BCUT2D eigenvalue weighted by atomic mass is 16.1. The van der Waals surface area contributed by atoms with Gasteiger partial charge in [0.05, 0.1) is 22.1 Å². The van der Waals surface area contributed by atoms with Gasteiger partial charge < -0.3 is 5.32 Å². The Kier molecular flexibility index (Phi) is 3.65. The molecule has 4 heteroatoms. The van der Waals surface area contributed by atoms with Crippen molar-refractivity contribution in [1.82, 2.24) is 9.97 Å². The van der Waals surface area contributed by atoms with Gasteiger partial charge in [0.2, 0.25) is 0 Å². The molecule has 0 aliphatic heterocycles. The van der Waals surface area contributed by atoms with Crippen molar-refractivity contribution in [3.8, 4) is 0 Å². The predicted octanol–water partition coefficient (Wildman–Crippen LogP) is 4.65. The summed E-state index contributed by atoms with van der Waals surface area (Å²) in [5, 5.41) is 3.00. The highest BCUT2D eigenvalue weighted by Crippen LogP contribution is 2.22. The van der Waals surface area contributed by atoms with Crippen LogP contribution >= 0.6 is 0 Å². The van der Waals surface area contributed by atoms with Gasteiger partial charge in [-0.05, 0) is 55.3 Å². The Morgan fingerprint density at radius 2 is 1.48 bits per heavy atom. The molecule has 1 heterocycles. The van der Waals surface area contributed by atoms with Gasteiger partial charge in [-0.3, -0.25) is 4.79 Å². The van der Waals surface area contributed by atoms with Gasteiger partial charge in [-0.1, -0.05) is 30.3 Å². The molecule has 0 spiro atoms. The molecule has 3 aromatic carbocycles. The molecule has 4 rings (SSSR count). The summed E-state index contributed by atoms with van der Waals surface area (Å²) in [6.07, 6.45) is 0. The van der Waals surface area contributed by atoms with E-state index in [2.05, 4.69) is 15.3 Å². The predicted molar refractivity (Wildman–Crippen MR) is 101 cm³/mol. The lowest BCUT2D eigenvalue weighted by Gasteiger charge is -2.11. The third kappa shape index (κ3) is 2.72. The third-order valence-electron chi connectivity index (χ3n) is 4.47. The summed E-state index contributed by atoms with van der Waals surface area (Å²) in [5.74, 6) is -0.177. The standard InChI is InChI=1S/C21H17N3O/c1-13-7-5-11-16(14(13)2)24-21(25)15-8-6-12-19-20(15)23-18-10-4-3-9-17(18)22-19/h3-12H,1-2H3,(H,24,25). The van der Waals surface area contributed by atoms with Crippen molar-refractivity contribution in [2.24, 2.45) is 0 Å². The van der Waals surface area contributed by atoms with E-state index in [0.29, 0.717) is 16.6 Å². The summed E-state index contributed by atoms with van der Waals surface area (Å²) in [5.41, 5.74) is 6.47. The largest absolute Gasteiger partial charge is 0.322 e. The van der Waals surface area contributed by atoms with E-state index in [1.54, 1.807) is 6.07 Å². The van der Waals surface area contributed by atoms with Crippen LogP contribution in [0.3, 0.4) is 0 Å². The van der Waals surface area contributed by atoms with E-state index >= 15 is 0 Å². The maximum atomic E-state index is 12.8. The van der Waals surface area contributed by atoms with Gasteiger partial charge in [0, 0.05) is 5.69 Å². The summed E-state index contributed by atoms with van der Waals surface area (Å²) in [6.45, 7) is 4.03. The van der Waals surface area contributed by atoms with Crippen LogP contribution in [0.25, 0.3) is 22.1 Å². The van der Waals surface area contributed by atoms with Crippen LogP contribution in [0.2, 0.25) is 0 Å². The number of hydrogen-bond acceptors (Lipinski definition) is 3. The molecular formula is C21H17N3O. The zero-order valence-electron chi connectivity index (χ0n) is 14.1. The molecule has 0 unspecified atom stereocenters. The Hall–Kier alpha value is -3.27. The molecule has 122 valence electrons. The number of amides is 1. The monoisotopic (exact) mass is 327 g/mol. The van der Waals surface area contributed by atoms with Gasteiger partial charge >= 0.3 is 0 Å². The fourth-order valence-corrected chi connectivity index (χ4v) is 2.90. The molecule has 0 fully saturated rings. The fraction of sp³-hybridized carbons (Fsp3) is 0.0952. The number of anilines is 1. The first kappa shape index (κ1) is 15.3. The first-order valence-electron chi connectivity index (χ1n) is 8.16. The van der Waals surface area contributed by atoms with Gasteiger partial charge in [0.15, 0.2) is 0 Å². The molecule has 0 aliphatic carbocycles. The van der Waals surface area contributed by atoms with Crippen LogP contribution < -0.4 is 5.32 Å². The number of carbonyl (C=O) groups excluding carboxylic acids is 1. The van der Waals surface area contributed by atoms with Crippen LogP contribution in [0.5, 0.6) is 0 Å². The summed E-state index contributed by atoms with van der Waals surface area (Å²) in [4.78, 5) is 22.1. The molecule has 4 nitrogen and oxygen atoms in total. The van der Waals surface area contributed by atoms with E-state index in [1.165, 1.54) is 0 Å². The second-order valence-electron chi connectivity index (χ2n) is 6.09. The number of carbonyl (C=O) groups is 1. The minimum atomic E-state index is -0.177. The molecule has 0 saturated carbocycles. The minimum Gasteiger partial charge on any atom is -0.322 e. The second-order valence-corrected chi connectivity index (χ2v) is 6.09. The van der Waals surface area contributed by atoms with E-state index < -0.39 is 0 Å². The van der Waals surface area contributed by atoms with E-state index in [-0.39, 0.29) is 5.91 Å². The highest BCUT2D eigenvalue weighted by Gasteiger charge is 2.14. The molecule has 1 amide bonds. The number of fused-ring (bicyclic) bond motifs is 2. The van der Waals surface area contributed by atoms with Gasteiger partial charge in [-0.25, -0.2) is 9.97 Å². The van der Waals surface area contributed by atoms with E-state index in [4.69, 9.17) is 0 Å². The smallest absolute Gasteiger partial charge is 0.257 e. The van der Waals surface area contributed by atoms with Crippen LogP contribution in [0, 0.1) is 13.8 Å². The molecule has 0 bridgehead atoms. The molecule has 0 saturated heterocycles. The average molecular weight is 327 g/mol. The minimum absolute atomic E-state index is 0.177. The summed E-state index contributed by atoms with van der Waals surface area (Å²) in [6, 6.07) is 19.0. The number of rotatable bonds is 2. The van der Waals surface area contributed by atoms with Crippen molar-refractivity contribution in [2.75, 3.05) is 5.32 Å². The van der Waals surface area contributed by atoms with Crippen molar-refractivity contribution in [2.45, 2.75) is 13.8 Å². The summed E-state index contributed by atoms with van der Waals surface area (Å²) >= 11 is 0. The molecule has 0 atom stereocenters. The van der Waals surface area contributed by atoms with Crippen LogP contribution in [0.15, 0.2) is 60.7 Å². The number of aromatic nitrogens is 2. The van der Waals surface area contributed by atoms with Gasteiger partial charge in [0.1, 0.15) is 5.52 Å². The van der Waals surface area contributed by atoms with Crippen LogP contribution in [0.1, 0.15) is 21.5 Å². The average Bonchev–Trinajstić information content (AvgIpc) is 2.63. The Balaban J connectivity index is 1.81. The van der Waals surface area contributed by atoms with E-state index in [0.717, 1.165) is 27.8 Å². The quantitative estimate of drug-likeness (QED) is 0.545. The van der Waals surface area contributed by atoms with Gasteiger partial charge in [0.25, 0.3) is 5.91 Å². The second kappa shape index (κ2) is 5.98. The molecule has 1 N–H and O–H groups in total. The van der Waals surface area contributed by atoms with Crippen LogP contribution in [0.4, 0.5) is 5.69 Å². The molecule has 0 aliphatic rings. The third-order valence-corrected chi connectivity index (χ3v) is 4.47. The Morgan fingerprint density at radius 3 is 2.28 bits per heavy atom. The molecule has 1 aromatic heterocycles. The molecule has 4 aromatic rings. The zero-order valence-corrected chi connectivity index (χ0v) is 14.1. The SMILES string of the molecule is Cc1cccc(NC(=O)c2cccc3nc4ccccc4nc23)c1C. The normalized spacial score (nSPS) is 11.0. The lowest BCUT2D eigenvalue weighted by Crippen LogP contribution is -2.14. The van der Waals surface area contributed by atoms with E-state index in [9.17, 15) is 4.79 Å². The number of benzene rings is 3. The zero-order chi connectivity index (χ0) is 17.4. The summed E-state index contributed by atoms with van der Waals surface area (Å²) in [7, 11) is 0. The van der Waals surface area contributed by atoms with Crippen LogP contribution in [-0.2, 0) is 0 Å².